The van der Waals surface area contributed by atoms with Crippen LogP contribution in [0.5, 0.6) is 0 Å². The van der Waals surface area contributed by atoms with E-state index < -0.39 is 0 Å². The summed E-state index contributed by atoms with van der Waals surface area (Å²) < 4.78 is 10.8. The summed E-state index contributed by atoms with van der Waals surface area (Å²) in [4.78, 5) is 22.7. The first-order valence-corrected chi connectivity index (χ1v) is 8.34. The number of carbonyl (C=O) groups excluding carboxylic acids is 2. The molecule has 5 heteroatoms. The lowest BCUT2D eigenvalue weighted by Crippen LogP contribution is -2.08. The van der Waals surface area contributed by atoms with Gasteiger partial charge in [-0.1, -0.05) is 17.2 Å². The molecule has 0 radical (unpaired) electrons. The van der Waals surface area contributed by atoms with Gasteiger partial charge in [-0.05, 0) is 57.4 Å². The third kappa shape index (κ3) is 5.29. The molecule has 1 aromatic rings. The number of cyclic esters (lactones) is 1. The molecule has 1 aliphatic rings. The quantitative estimate of drug-likeness (QED) is 0.441. The molecule has 1 N–H and O–H groups in total. The van der Waals surface area contributed by atoms with Crippen molar-refractivity contribution < 1.29 is 23.8 Å². The Morgan fingerprint density at radius 3 is 2.72 bits per heavy atom. The molecule has 0 saturated heterocycles. The van der Waals surface area contributed by atoms with Crippen LogP contribution >= 0.6 is 0 Å². The van der Waals surface area contributed by atoms with Gasteiger partial charge in [-0.2, -0.15) is 0 Å². The van der Waals surface area contributed by atoms with Crippen LogP contribution in [0.2, 0.25) is 0 Å². The second-order valence-corrected chi connectivity index (χ2v) is 6.39. The monoisotopic (exact) mass is 344 g/mol. The Morgan fingerprint density at radius 1 is 1.32 bits per heavy atom. The van der Waals surface area contributed by atoms with Crippen LogP contribution in [-0.2, 0) is 9.53 Å². The third-order valence-electron chi connectivity index (χ3n) is 4.06. The highest BCUT2D eigenvalue weighted by atomic mass is 16.5. The molecule has 1 aromatic heterocycles. The van der Waals surface area contributed by atoms with Gasteiger partial charge in [0.2, 0.25) is 0 Å². The Balaban J connectivity index is 1.96. The van der Waals surface area contributed by atoms with Gasteiger partial charge in [0, 0.05) is 12.0 Å². The molecule has 0 unspecified atom stereocenters. The van der Waals surface area contributed by atoms with E-state index in [9.17, 15) is 9.59 Å². The van der Waals surface area contributed by atoms with Crippen LogP contribution in [0.1, 0.15) is 55.0 Å². The molecule has 0 amide bonds. The van der Waals surface area contributed by atoms with Crippen molar-refractivity contribution in [1.29, 1.82) is 0 Å². The highest BCUT2D eigenvalue weighted by Gasteiger charge is 2.24. The fourth-order valence-corrected chi connectivity index (χ4v) is 2.69. The Hall–Kier alpha value is -2.40. The summed E-state index contributed by atoms with van der Waals surface area (Å²) in [6, 6.07) is 1.81. The Kier molecular flexibility index (Phi) is 6.53. The number of esters is 1. The highest BCUT2D eigenvalue weighted by Crippen LogP contribution is 2.24. The first kappa shape index (κ1) is 18.9. The second kappa shape index (κ2) is 8.62. The van der Waals surface area contributed by atoms with Gasteiger partial charge in [0.15, 0.2) is 12.0 Å². The smallest absolute Gasteiger partial charge is 0.334 e. The summed E-state index contributed by atoms with van der Waals surface area (Å²) in [6.07, 6.45) is 7.96. The van der Waals surface area contributed by atoms with Crippen LogP contribution in [0.3, 0.4) is 0 Å². The lowest BCUT2D eigenvalue weighted by molar-refractivity contribution is -0.139. The van der Waals surface area contributed by atoms with Crippen LogP contribution in [0.4, 0.5) is 0 Å². The second-order valence-electron chi connectivity index (χ2n) is 6.39. The summed E-state index contributed by atoms with van der Waals surface area (Å²) in [6.45, 7) is 5.64. The highest BCUT2D eigenvalue weighted by molar-refractivity contribution is 5.90. The zero-order chi connectivity index (χ0) is 18.4. The summed E-state index contributed by atoms with van der Waals surface area (Å²) in [5, 5.41) is 8.97. The zero-order valence-electron chi connectivity index (χ0n) is 14.9. The van der Waals surface area contributed by atoms with Gasteiger partial charge >= 0.3 is 5.97 Å². The third-order valence-corrected chi connectivity index (χ3v) is 4.06. The first-order chi connectivity index (χ1) is 11.9. The van der Waals surface area contributed by atoms with Crippen molar-refractivity contribution >= 4 is 18.3 Å². The van der Waals surface area contributed by atoms with Gasteiger partial charge in [-0.25, -0.2) is 4.79 Å². The maximum Gasteiger partial charge on any atom is 0.334 e. The molecule has 0 saturated carbocycles. The molecule has 0 bridgehead atoms. The number of aldehydes is 1. The number of hydrogen-bond donors (Lipinski definition) is 1. The molecular formula is C20H24O5. The van der Waals surface area contributed by atoms with E-state index in [1.54, 1.807) is 0 Å². The number of aliphatic hydroxyl groups is 1. The predicted molar refractivity (Wildman–Crippen MR) is 95.1 cm³/mol. The standard InChI is InChI=1S/C20H24O5/c1-13(11-21)5-4-6-16-10-18(25-20(16)23)8-14(2)7-17-9-15(3)19(12-22)24-17/h5,7,9-10,12,18,21H,4,6,8,11H2,1-3H3/b13-5+,14-7-/t18-/m0/s1. The number of aryl methyl sites for hydroxylation is 1. The van der Waals surface area contributed by atoms with Gasteiger partial charge in [0.05, 0.1) is 6.61 Å². The largest absolute Gasteiger partial charge is 0.454 e. The van der Waals surface area contributed by atoms with Crippen molar-refractivity contribution in [2.75, 3.05) is 6.61 Å². The Bertz CT molecular complexity index is 733. The van der Waals surface area contributed by atoms with Gasteiger partial charge in [-0.15, -0.1) is 0 Å². The van der Waals surface area contributed by atoms with Crippen molar-refractivity contribution in [2.45, 2.75) is 46.1 Å². The number of rotatable bonds is 8. The molecule has 25 heavy (non-hydrogen) atoms. The van der Waals surface area contributed by atoms with Crippen LogP contribution in [0.25, 0.3) is 6.08 Å². The zero-order valence-corrected chi connectivity index (χ0v) is 14.9. The van der Waals surface area contributed by atoms with Crippen LogP contribution in [-0.4, -0.2) is 30.1 Å². The molecule has 2 heterocycles. The molecule has 2 rings (SSSR count). The fourth-order valence-electron chi connectivity index (χ4n) is 2.69. The van der Waals surface area contributed by atoms with Crippen molar-refractivity contribution in [1.82, 2.24) is 0 Å². The summed E-state index contributed by atoms with van der Waals surface area (Å²) in [5.41, 5.74) is 3.37. The van der Waals surface area contributed by atoms with Gasteiger partial charge in [-0.3, -0.25) is 4.79 Å². The molecule has 1 atom stereocenters. The first-order valence-electron chi connectivity index (χ1n) is 8.34. The summed E-state index contributed by atoms with van der Waals surface area (Å²) in [7, 11) is 0. The van der Waals surface area contributed by atoms with Crippen LogP contribution in [0, 0.1) is 6.92 Å². The number of aliphatic hydroxyl groups excluding tert-OH is 1. The lowest BCUT2D eigenvalue weighted by atomic mass is 10.1. The van der Waals surface area contributed by atoms with Gasteiger partial charge < -0.3 is 14.3 Å². The van der Waals surface area contributed by atoms with E-state index in [2.05, 4.69) is 0 Å². The van der Waals surface area contributed by atoms with Crippen molar-refractivity contribution in [3.63, 3.8) is 0 Å². The Labute approximate surface area is 147 Å². The summed E-state index contributed by atoms with van der Waals surface area (Å²) >= 11 is 0. The molecule has 1 aliphatic heterocycles. The van der Waals surface area contributed by atoms with Crippen molar-refractivity contribution in [2.24, 2.45) is 0 Å². The minimum absolute atomic E-state index is 0.0359. The number of hydrogen-bond acceptors (Lipinski definition) is 5. The molecule has 134 valence electrons. The van der Waals surface area contributed by atoms with E-state index in [0.29, 0.717) is 42.6 Å². The van der Waals surface area contributed by atoms with Crippen molar-refractivity contribution in [3.05, 3.63) is 52.0 Å². The fraction of sp³-hybridized carbons (Fsp3) is 0.400. The predicted octanol–water partition coefficient (Wildman–Crippen LogP) is 3.76. The van der Waals surface area contributed by atoms with E-state index in [1.165, 1.54) is 0 Å². The van der Waals surface area contributed by atoms with Crippen LogP contribution in [0.15, 0.2) is 39.4 Å². The minimum atomic E-state index is -0.275. The molecule has 5 nitrogen and oxygen atoms in total. The normalized spacial score (nSPS) is 18.3. The number of furan rings is 1. The van der Waals surface area contributed by atoms with Gasteiger partial charge in [0.25, 0.3) is 0 Å². The van der Waals surface area contributed by atoms with E-state index in [4.69, 9.17) is 14.3 Å². The average Bonchev–Trinajstić information content (AvgIpc) is 3.09. The summed E-state index contributed by atoms with van der Waals surface area (Å²) in [5.74, 6) is 0.680. The van der Waals surface area contributed by atoms with E-state index in [1.807, 2.05) is 45.1 Å². The van der Waals surface area contributed by atoms with E-state index in [-0.39, 0.29) is 18.7 Å². The number of carbonyl (C=O) groups is 2. The lowest BCUT2D eigenvalue weighted by Gasteiger charge is -2.07. The van der Waals surface area contributed by atoms with E-state index in [0.717, 1.165) is 16.7 Å². The molecular weight excluding hydrogens is 320 g/mol. The number of allylic oxidation sites excluding steroid dienone is 1. The molecule has 0 aliphatic carbocycles. The molecule has 0 aromatic carbocycles. The maximum absolute atomic E-state index is 11.9. The molecule has 0 fully saturated rings. The SMILES string of the molecule is C/C(=C/c1cc(C)c(C=O)o1)C[C@H]1C=C(CC/C=C(\C)CO)C(=O)O1. The van der Waals surface area contributed by atoms with Crippen LogP contribution < -0.4 is 0 Å². The number of ether oxygens (including phenoxy) is 1. The van der Waals surface area contributed by atoms with Crippen molar-refractivity contribution in [3.8, 4) is 0 Å². The maximum atomic E-state index is 11.9. The van der Waals surface area contributed by atoms with Gasteiger partial charge in [0.1, 0.15) is 11.9 Å². The Morgan fingerprint density at radius 2 is 2.08 bits per heavy atom. The minimum Gasteiger partial charge on any atom is -0.454 e. The van der Waals surface area contributed by atoms with E-state index >= 15 is 0 Å². The average molecular weight is 344 g/mol. The molecule has 0 spiro atoms. The topological polar surface area (TPSA) is 76.7 Å².